The van der Waals surface area contributed by atoms with Gasteiger partial charge in [-0.15, -0.1) is 0 Å². The van der Waals surface area contributed by atoms with E-state index in [1.165, 1.54) is 0 Å². The van der Waals surface area contributed by atoms with Gasteiger partial charge in [0.25, 0.3) is 0 Å². The summed E-state index contributed by atoms with van der Waals surface area (Å²) in [5, 5.41) is 4.35. The molecule has 1 amide bonds. The number of likely N-dealkylation sites (tertiary alicyclic amines) is 1. The number of rotatable bonds is 4. The van der Waals surface area contributed by atoms with Gasteiger partial charge in [0.15, 0.2) is 0 Å². The normalized spacial score (nSPS) is 15.3. The maximum atomic E-state index is 13.4. The number of carbonyl (C=O) groups excluding carboxylic acids is 1. The highest BCUT2D eigenvalue weighted by Crippen LogP contribution is 2.29. The molecule has 1 aliphatic rings. The Kier molecular flexibility index (Phi) is 4.82. The van der Waals surface area contributed by atoms with Crippen molar-refractivity contribution in [2.75, 3.05) is 13.1 Å². The minimum absolute atomic E-state index is 0.196. The quantitative estimate of drug-likeness (QED) is 0.720. The minimum Gasteiger partial charge on any atom is -0.342 e. The molecule has 0 saturated carbocycles. The predicted molar refractivity (Wildman–Crippen MR) is 102 cm³/mol. The highest BCUT2D eigenvalue weighted by atomic mass is 16.2. The number of amides is 1. The van der Waals surface area contributed by atoms with E-state index in [2.05, 4.69) is 5.10 Å². The number of hydrogen-bond acceptors (Lipinski definition) is 2. The van der Waals surface area contributed by atoms with E-state index in [0.29, 0.717) is 6.04 Å². The summed E-state index contributed by atoms with van der Waals surface area (Å²) in [5.41, 5.74) is 2.11. The van der Waals surface area contributed by atoms with Gasteiger partial charge in [0.2, 0.25) is 5.91 Å². The van der Waals surface area contributed by atoms with E-state index in [9.17, 15) is 4.79 Å². The van der Waals surface area contributed by atoms with Crippen molar-refractivity contribution >= 4 is 5.91 Å². The third-order valence-electron chi connectivity index (χ3n) is 5.19. The van der Waals surface area contributed by atoms with Crippen LogP contribution in [0, 0.1) is 0 Å². The maximum Gasteiger partial charge on any atom is 0.234 e. The summed E-state index contributed by atoms with van der Waals surface area (Å²) in [4.78, 5) is 15.4. The SMILES string of the molecule is O=C(C(c1ccccc1)c1ccccc1)N1CCC(n2cccn2)CC1. The van der Waals surface area contributed by atoms with Crippen LogP contribution in [0.2, 0.25) is 0 Å². The van der Waals surface area contributed by atoms with Crippen molar-refractivity contribution in [1.29, 1.82) is 0 Å². The Hall–Kier alpha value is -2.88. The van der Waals surface area contributed by atoms with Crippen molar-refractivity contribution in [2.45, 2.75) is 24.8 Å². The minimum atomic E-state index is -0.237. The van der Waals surface area contributed by atoms with E-state index >= 15 is 0 Å². The summed E-state index contributed by atoms with van der Waals surface area (Å²) in [5.74, 6) is -0.0417. The molecule has 26 heavy (non-hydrogen) atoms. The van der Waals surface area contributed by atoms with Gasteiger partial charge in [-0.1, -0.05) is 60.7 Å². The Morgan fingerprint density at radius 3 is 1.96 bits per heavy atom. The number of carbonyl (C=O) groups is 1. The molecule has 4 nitrogen and oxygen atoms in total. The van der Waals surface area contributed by atoms with Crippen LogP contribution in [-0.2, 0) is 4.79 Å². The van der Waals surface area contributed by atoms with Crippen LogP contribution < -0.4 is 0 Å². The van der Waals surface area contributed by atoms with Crippen LogP contribution in [0.4, 0.5) is 0 Å². The van der Waals surface area contributed by atoms with E-state index in [4.69, 9.17) is 0 Å². The molecule has 132 valence electrons. The molecule has 0 aliphatic carbocycles. The van der Waals surface area contributed by atoms with Crippen molar-refractivity contribution in [3.8, 4) is 0 Å². The van der Waals surface area contributed by atoms with E-state index < -0.39 is 0 Å². The van der Waals surface area contributed by atoms with Crippen molar-refractivity contribution in [2.24, 2.45) is 0 Å². The fourth-order valence-electron chi connectivity index (χ4n) is 3.80. The summed E-state index contributed by atoms with van der Waals surface area (Å²) in [6, 6.07) is 22.5. The van der Waals surface area contributed by atoms with Crippen LogP contribution in [0.5, 0.6) is 0 Å². The fraction of sp³-hybridized carbons (Fsp3) is 0.273. The molecule has 1 saturated heterocycles. The lowest BCUT2D eigenvalue weighted by molar-refractivity contribution is -0.133. The Bertz CT molecular complexity index is 783. The monoisotopic (exact) mass is 345 g/mol. The lowest BCUT2D eigenvalue weighted by atomic mass is 9.89. The van der Waals surface area contributed by atoms with Crippen LogP contribution in [-0.4, -0.2) is 33.7 Å². The highest BCUT2D eigenvalue weighted by Gasteiger charge is 2.30. The molecule has 2 heterocycles. The zero-order valence-electron chi connectivity index (χ0n) is 14.7. The van der Waals surface area contributed by atoms with E-state index in [-0.39, 0.29) is 11.8 Å². The number of hydrogen-bond donors (Lipinski definition) is 0. The predicted octanol–water partition coefficient (Wildman–Crippen LogP) is 3.88. The Morgan fingerprint density at radius 2 is 1.46 bits per heavy atom. The molecular formula is C22H23N3O. The summed E-state index contributed by atoms with van der Waals surface area (Å²) in [7, 11) is 0. The first kappa shape index (κ1) is 16.6. The van der Waals surface area contributed by atoms with Crippen molar-refractivity contribution in [3.63, 3.8) is 0 Å². The Balaban J connectivity index is 1.54. The summed E-state index contributed by atoms with van der Waals surface area (Å²) < 4.78 is 2.02. The molecule has 1 aliphatic heterocycles. The number of nitrogens with zero attached hydrogens (tertiary/aromatic N) is 3. The largest absolute Gasteiger partial charge is 0.342 e. The third kappa shape index (κ3) is 3.40. The van der Waals surface area contributed by atoms with Gasteiger partial charge in [-0.25, -0.2) is 0 Å². The van der Waals surface area contributed by atoms with Gasteiger partial charge in [0.05, 0.1) is 12.0 Å². The first-order valence-electron chi connectivity index (χ1n) is 9.21. The van der Waals surface area contributed by atoms with Crippen LogP contribution in [0.25, 0.3) is 0 Å². The second-order valence-corrected chi connectivity index (χ2v) is 6.80. The van der Waals surface area contributed by atoms with Gasteiger partial charge in [-0.3, -0.25) is 9.48 Å². The van der Waals surface area contributed by atoms with Crippen LogP contribution in [0.1, 0.15) is 35.9 Å². The second kappa shape index (κ2) is 7.56. The zero-order chi connectivity index (χ0) is 17.8. The van der Waals surface area contributed by atoms with Crippen LogP contribution in [0.3, 0.4) is 0 Å². The lowest BCUT2D eigenvalue weighted by Crippen LogP contribution is -2.41. The van der Waals surface area contributed by atoms with Gasteiger partial charge in [-0.2, -0.15) is 5.10 Å². The summed E-state index contributed by atoms with van der Waals surface area (Å²) in [6.07, 6.45) is 5.73. The molecule has 1 fully saturated rings. The van der Waals surface area contributed by atoms with E-state index in [1.54, 1.807) is 0 Å². The number of aromatic nitrogens is 2. The summed E-state index contributed by atoms with van der Waals surface area (Å²) in [6.45, 7) is 1.55. The molecule has 0 spiro atoms. The van der Waals surface area contributed by atoms with Crippen molar-refractivity contribution in [3.05, 3.63) is 90.3 Å². The average molecular weight is 345 g/mol. The van der Waals surface area contributed by atoms with Crippen molar-refractivity contribution < 1.29 is 4.79 Å². The number of benzene rings is 2. The molecule has 4 heteroatoms. The number of piperidine rings is 1. The molecule has 4 rings (SSSR count). The van der Waals surface area contributed by atoms with Crippen molar-refractivity contribution in [1.82, 2.24) is 14.7 Å². The molecule has 0 unspecified atom stereocenters. The Morgan fingerprint density at radius 1 is 0.885 bits per heavy atom. The van der Waals surface area contributed by atoms with Gasteiger partial charge in [-0.05, 0) is 30.0 Å². The third-order valence-corrected chi connectivity index (χ3v) is 5.19. The first-order valence-corrected chi connectivity index (χ1v) is 9.21. The van der Waals surface area contributed by atoms with Gasteiger partial charge >= 0.3 is 0 Å². The molecule has 0 radical (unpaired) electrons. The molecular weight excluding hydrogens is 322 g/mol. The topological polar surface area (TPSA) is 38.1 Å². The lowest BCUT2D eigenvalue weighted by Gasteiger charge is -2.34. The molecule has 1 aromatic heterocycles. The van der Waals surface area contributed by atoms with Gasteiger partial charge in [0.1, 0.15) is 0 Å². The van der Waals surface area contributed by atoms with E-state index in [1.807, 2.05) is 88.7 Å². The summed E-state index contributed by atoms with van der Waals surface area (Å²) >= 11 is 0. The zero-order valence-corrected chi connectivity index (χ0v) is 14.7. The smallest absolute Gasteiger partial charge is 0.234 e. The highest BCUT2D eigenvalue weighted by molar-refractivity contribution is 5.87. The van der Waals surface area contributed by atoms with Gasteiger partial charge in [0, 0.05) is 25.5 Å². The fourth-order valence-corrected chi connectivity index (χ4v) is 3.80. The molecule has 3 aromatic rings. The van der Waals surface area contributed by atoms with Crippen LogP contribution >= 0.6 is 0 Å². The van der Waals surface area contributed by atoms with E-state index in [0.717, 1.165) is 37.1 Å². The van der Waals surface area contributed by atoms with Gasteiger partial charge < -0.3 is 4.90 Å². The van der Waals surface area contributed by atoms with Crippen LogP contribution in [0.15, 0.2) is 79.1 Å². The molecule has 0 bridgehead atoms. The second-order valence-electron chi connectivity index (χ2n) is 6.80. The molecule has 2 aromatic carbocycles. The molecule has 0 N–H and O–H groups in total. The standard InChI is InChI=1S/C22H23N3O/c26-22(24-16-12-20(13-17-24)25-15-7-14-23-25)21(18-8-3-1-4-9-18)19-10-5-2-6-11-19/h1-11,14-15,20-21H,12-13,16-17H2. The first-order chi connectivity index (χ1) is 12.8. The maximum absolute atomic E-state index is 13.4. The molecule has 0 atom stereocenters. The average Bonchev–Trinajstić information content (AvgIpc) is 3.25. The Labute approximate surface area is 154 Å².